The largest absolute Gasteiger partial charge is 0.481 e. The first-order valence-corrected chi connectivity index (χ1v) is 8.93. The number of nitrogens with one attached hydrogen (secondary N) is 1. The molecule has 0 bridgehead atoms. The molecule has 2 N–H and O–H groups in total. The number of carboxylic acids is 1. The molecule has 3 rings (SSSR count). The summed E-state index contributed by atoms with van der Waals surface area (Å²) in [5.74, 6) is -0.132. The lowest BCUT2D eigenvalue weighted by atomic mass is 9.75. The van der Waals surface area contributed by atoms with Gasteiger partial charge < -0.3 is 10.0 Å². The standard InChI is InChI=1S/C18H27N3O3/c1-12-13(2)19-20-15(12)6-7-16(22)21-9-3-8-18(11-21,17(23)24)10-14-4-5-14/h14H,3-11H2,1-2H3,(H,19,20)(H,23,24). The second-order valence-electron chi connectivity index (χ2n) is 7.57. The smallest absolute Gasteiger partial charge is 0.311 e. The fourth-order valence-electron chi connectivity index (χ4n) is 3.81. The highest BCUT2D eigenvalue weighted by Crippen LogP contribution is 2.45. The summed E-state index contributed by atoms with van der Waals surface area (Å²) in [4.78, 5) is 26.3. The molecule has 24 heavy (non-hydrogen) atoms. The third kappa shape index (κ3) is 3.47. The summed E-state index contributed by atoms with van der Waals surface area (Å²) in [6.45, 7) is 5.02. The maximum absolute atomic E-state index is 12.6. The molecule has 2 heterocycles. The first-order chi connectivity index (χ1) is 11.4. The molecule has 1 aromatic rings. The number of carbonyl (C=O) groups is 2. The molecule has 1 saturated heterocycles. The van der Waals surface area contributed by atoms with Gasteiger partial charge in [-0.05, 0) is 44.6 Å². The molecular formula is C18H27N3O3. The second-order valence-corrected chi connectivity index (χ2v) is 7.57. The monoisotopic (exact) mass is 333 g/mol. The Labute approximate surface area is 142 Å². The minimum absolute atomic E-state index is 0.0520. The number of rotatable bonds is 6. The zero-order valence-electron chi connectivity index (χ0n) is 14.6. The van der Waals surface area contributed by atoms with Crippen LogP contribution in [-0.2, 0) is 16.0 Å². The summed E-state index contributed by atoms with van der Waals surface area (Å²) in [6.07, 6.45) is 5.48. The number of aromatic amines is 1. The van der Waals surface area contributed by atoms with E-state index in [0.29, 0.717) is 38.3 Å². The van der Waals surface area contributed by atoms with Crippen LogP contribution in [0, 0.1) is 25.2 Å². The molecule has 132 valence electrons. The highest BCUT2D eigenvalue weighted by atomic mass is 16.4. The van der Waals surface area contributed by atoms with Gasteiger partial charge in [-0.3, -0.25) is 14.7 Å². The summed E-state index contributed by atoms with van der Waals surface area (Å²) in [5, 5.41) is 17.0. The van der Waals surface area contributed by atoms with Crippen molar-refractivity contribution in [2.24, 2.45) is 11.3 Å². The summed E-state index contributed by atoms with van der Waals surface area (Å²) < 4.78 is 0. The molecule has 6 nitrogen and oxygen atoms in total. The Balaban J connectivity index is 1.61. The maximum atomic E-state index is 12.6. The van der Waals surface area contributed by atoms with E-state index in [0.717, 1.165) is 42.6 Å². The first-order valence-electron chi connectivity index (χ1n) is 8.93. The third-order valence-corrected chi connectivity index (χ3v) is 5.69. The second kappa shape index (κ2) is 6.57. The molecule has 1 unspecified atom stereocenters. The van der Waals surface area contributed by atoms with Crippen molar-refractivity contribution in [3.63, 3.8) is 0 Å². The van der Waals surface area contributed by atoms with Gasteiger partial charge in [0.05, 0.1) is 11.1 Å². The van der Waals surface area contributed by atoms with E-state index >= 15 is 0 Å². The molecule has 2 aliphatic rings. The number of aliphatic carboxylic acids is 1. The molecular weight excluding hydrogens is 306 g/mol. The summed E-state index contributed by atoms with van der Waals surface area (Å²) in [5.41, 5.74) is 2.34. The van der Waals surface area contributed by atoms with Crippen LogP contribution in [-0.4, -0.2) is 45.2 Å². The molecule has 1 saturated carbocycles. The lowest BCUT2D eigenvalue weighted by Gasteiger charge is -2.40. The zero-order valence-corrected chi connectivity index (χ0v) is 14.6. The molecule has 1 atom stereocenters. The molecule has 0 radical (unpaired) electrons. The fraction of sp³-hybridized carbons (Fsp3) is 0.722. The molecule has 6 heteroatoms. The number of hydrogen-bond donors (Lipinski definition) is 2. The van der Waals surface area contributed by atoms with Gasteiger partial charge in [0.15, 0.2) is 0 Å². The zero-order chi connectivity index (χ0) is 17.3. The molecule has 1 aliphatic carbocycles. The van der Waals surface area contributed by atoms with Gasteiger partial charge in [0, 0.05) is 31.6 Å². The Morgan fingerprint density at radius 3 is 2.71 bits per heavy atom. The van der Waals surface area contributed by atoms with E-state index in [-0.39, 0.29) is 5.91 Å². The lowest BCUT2D eigenvalue weighted by Crippen LogP contribution is -2.50. The van der Waals surface area contributed by atoms with Crippen LogP contribution >= 0.6 is 0 Å². The minimum Gasteiger partial charge on any atom is -0.481 e. The van der Waals surface area contributed by atoms with E-state index < -0.39 is 11.4 Å². The molecule has 0 spiro atoms. The number of likely N-dealkylation sites (tertiary alicyclic amines) is 1. The van der Waals surface area contributed by atoms with Crippen molar-refractivity contribution in [2.75, 3.05) is 13.1 Å². The van der Waals surface area contributed by atoms with E-state index in [9.17, 15) is 14.7 Å². The highest BCUT2D eigenvalue weighted by Gasteiger charge is 2.46. The van der Waals surface area contributed by atoms with Gasteiger partial charge in [-0.2, -0.15) is 5.10 Å². The van der Waals surface area contributed by atoms with E-state index in [1.165, 1.54) is 0 Å². The van der Waals surface area contributed by atoms with Gasteiger partial charge in [0.1, 0.15) is 0 Å². The van der Waals surface area contributed by atoms with Gasteiger partial charge in [-0.1, -0.05) is 12.8 Å². The summed E-state index contributed by atoms with van der Waals surface area (Å²) in [6, 6.07) is 0. The number of piperidine rings is 1. The van der Waals surface area contributed by atoms with Crippen molar-refractivity contribution >= 4 is 11.9 Å². The Morgan fingerprint density at radius 2 is 2.12 bits per heavy atom. The van der Waals surface area contributed by atoms with Crippen molar-refractivity contribution in [1.82, 2.24) is 15.1 Å². The van der Waals surface area contributed by atoms with Crippen molar-refractivity contribution in [3.8, 4) is 0 Å². The molecule has 1 amide bonds. The van der Waals surface area contributed by atoms with Crippen LogP contribution in [0.2, 0.25) is 0 Å². The van der Waals surface area contributed by atoms with E-state index in [4.69, 9.17) is 0 Å². The molecule has 0 aromatic carbocycles. The number of carbonyl (C=O) groups excluding carboxylic acids is 1. The number of hydrogen-bond acceptors (Lipinski definition) is 3. The SMILES string of the molecule is Cc1[nH]nc(CCC(=O)N2CCCC(CC3CC3)(C(=O)O)C2)c1C. The lowest BCUT2D eigenvalue weighted by molar-refractivity contribution is -0.156. The van der Waals surface area contributed by atoms with Crippen molar-refractivity contribution in [1.29, 1.82) is 0 Å². The van der Waals surface area contributed by atoms with Gasteiger partial charge in [0.25, 0.3) is 0 Å². The van der Waals surface area contributed by atoms with Crippen molar-refractivity contribution < 1.29 is 14.7 Å². The quantitative estimate of drug-likeness (QED) is 0.837. The Morgan fingerprint density at radius 1 is 1.38 bits per heavy atom. The average molecular weight is 333 g/mol. The third-order valence-electron chi connectivity index (χ3n) is 5.69. The van der Waals surface area contributed by atoms with Crippen LogP contribution in [0.1, 0.15) is 55.5 Å². The number of amides is 1. The summed E-state index contributed by atoms with van der Waals surface area (Å²) in [7, 11) is 0. The van der Waals surface area contributed by atoms with Crippen LogP contribution < -0.4 is 0 Å². The van der Waals surface area contributed by atoms with Crippen LogP contribution in [0.5, 0.6) is 0 Å². The molecule has 2 fully saturated rings. The summed E-state index contributed by atoms with van der Waals surface area (Å²) >= 11 is 0. The minimum atomic E-state index is -0.731. The van der Waals surface area contributed by atoms with E-state index in [2.05, 4.69) is 10.2 Å². The van der Waals surface area contributed by atoms with Gasteiger partial charge in [0.2, 0.25) is 5.91 Å². The van der Waals surface area contributed by atoms with Crippen LogP contribution in [0.3, 0.4) is 0 Å². The maximum Gasteiger partial charge on any atom is 0.311 e. The number of H-pyrrole nitrogens is 1. The topological polar surface area (TPSA) is 86.3 Å². The highest BCUT2D eigenvalue weighted by molar-refractivity contribution is 5.80. The van der Waals surface area contributed by atoms with Gasteiger partial charge >= 0.3 is 5.97 Å². The fourth-order valence-corrected chi connectivity index (χ4v) is 3.81. The number of nitrogens with zero attached hydrogens (tertiary/aromatic N) is 2. The molecule has 1 aromatic heterocycles. The first kappa shape index (κ1) is 17.0. The van der Waals surface area contributed by atoms with E-state index in [1.54, 1.807) is 4.90 Å². The average Bonchev–Trinajstić information content (AvgIpc) is 3.31. The number of aryl methyl sites for hydroxylation is 2. The predicted molar refractivity (Wildman–Crippen MR) is 89.6 cm³/mol. The van der Waals surface area contributed by atoms with Gasteiger partial charge in [-0.25, -0.2) is 0 Å². The number of aromatic nitrogens is 2. The van der Waals surface area contributed by atoms with Crippen LogP contribution in [0.25, 0.3) is 0 Å². The predicted octanol–water partition coefficient (Wildman–Crippen LogP) is 2.45. The molecule has 1 aliphatic heterocycles. The van der Waals surface area contributed by atoms with Gasteiger partial charge in [-0.15, -0.1) is 0 Å². The Hall–Kier alpha value is -1.85. The van der Waals surface area contributed by atoms with E-state index in [1.807, 2.05) is 13.8 Å². The van der Waals surface area contributed by atoms with Crippen molar-refractivity contribution in [2.45, 2.75) is 58.8 Å². The van der Waals surface area contributed by atoms with Crippen LogP contribution in [0.4, 0.5) is 0 Å². The Bertz CT molecular complexity index is 635. The number of carboxylic acid groups (broad SMARTS) is 1. The normalized spacial score (nSPS) is 24.2. The van der Waals surface area contributed by atoms with Crippen molar-refractivity contribution in [3.05, 3.63) is 17.0 Å². The van der Waals surface area contributed by atoms with Crippen LogP contribution in [0.15, 0.2) is 0 Å². The Kier molecular flexibility index (Phi) is 4.65.